The summed E-state index contributed by atoms with van der Waals surface area (Å²) in [5.41, 5.74) is 12.5. The van der Waals surface area contributed by atoms with Crippen molar-refractivity contribution in [2.45, 2.75) is 31.7 Å². The predicted octanol–water partition coefficient (Wildman–Crippen LogP) is 2.22. The molecule has 0 saturated heterocycles. The number of rotatable bonds is 3. The molecule has 0 aromatic carbocycles. The molecule has 1 aliphatic rings. The molecule has 1 heterocycles. The summed E-state index contributed by atoms with van der Waals surface area (Å²) < 4.78 is 0. The molecule has 1 aromatic rings. The van der Waals surface area contributed by atoms with Crippen molar-refractivity contribution >= 4 is 17.2 Å². The van der Waals surface area contributed by atoms with Gasteiger partial charge in [-0.15, -0.1) is 11.3 Å². The van der Waals surface area contributed by atoms with Crippen molar-refractivity contribution in [1.29, 1.82) is 5.41 Å². The molecule has 1 fully saturated rings. The molecule has 5 N–H and O–H groups in total. The van der Waals surface area contributed by atoms with Gasteiger partial charge in [-0.3, -0.25) is 5.41 Å². The van der Waals surface area contributed by atoms with Gasteiger partial charge in [0.2, 0.25) is 0 Å². The molecule has 0 bridgehead atoms. The average molecular weight is 223 g/mol. The van der Waals surface area contributed by atoms with Crippen LogP contribution in [0, 0.1) is 11.3 Å². The van der Waals surface area contributed by atoms with E-state index in [0.717, 1.165) is 5.56 Å². The lowest BCUT2D eigenvalue weighted by Crippen LogP contribution is -2.18. The number of amidine groups is 1. The first-order chi connectivity index (χ1) is 7.18. The van der Waals surface area contributed by atoms with Gasteiger partial charge in [0, 0.05) is 21.9 Å². The van der Waals surface area contributed by atoms with Crippen LogP contribution in [0.5, 0.6) is 0 Å². The van der Waals surface area contributed by atoms with Gasteiger partial charge in [0.05, 0.1) is 0 Å². The first-order valence-electron chi connectivity index (χ1n) is 5.37. The lowest BCUT2D eigenvalue weighted by atomic mass is 9.97. The molecule has 0 spiro atoms. The first-order valence-corrected chi connectivity index (χ1v) is 6.25. The van der Waals surface area contributed by atoms with Gasteiger partial charge >= 0.3 is 0 Å². The molecular weight excluding hydrogens is 206 g/mol. The van der Waals surface area contributed by atoms with Crippen molar-refractivity contribution < 1.29 is 0 Å². The molecule has 2 rings (SSSR count). The molecule has 82 valence electrons. The third-order valence-electron chi connectivity index (χ3n) is 3.17. The van der Waals surface area contributed by atoms with E-state index in [4.69, 9.17) is 16.9 Å². The first kappa shape index (κ1) is 10.6. The molecule has 0 radical (unpaired) electrons. The van der Waals surface area contributed by atoms with Crippen LogP contribution in [0.25, 0.3) is 0 Å². The zero-order valence-corrected chi connectivity index (χ0v) is 9.52. The van der Waals surface area contributed by atoms with Gasteiger partial charge in [0.25, 0.3) is 0 Å². The van der Waals surface area contributed by atoms with Gasteiger partial charge in [-0.25, -0.2) is 0 Å². The smallest absolute Gasteiger partial charge is 0.123 e. The highest BCUT2D eigenvalue weighted by molar-refractivity contribution is 7.10. The molecule has 15 heavy (non-hydrogen) atoms. The summed E-state index contributed by atoms with van der Waals surface area (Å²) in [5, 5.41) is 9.27. The Kier molecular flexibility index (Phi) is 3.07. The number of nitrogen functional groups attached to an aromatic ring is 1. The molecule has 1 aliphatic carbocycles. The summed E-state index contributed by atoms with van der Waals surface area (Å²) in [6.45, 7) is 0. The van der Waals surface area contributed by atoms with E-state index in [9.17, 15) is 0 Å². The van der Waals surface area contributed by atoms with Crippen LogP contribution in [-0.2, 0) is 0 Å². The van der Waals surface area contributed by atoms with Crippen LogP contribution in [0.2, 0.25) is 0 Å². The second-order valence-electron chi connectivity index (χ2n) is 4.22. The van der Waals surface area contributed by atoms with Crippen molar-refractivity contribution in [1.82, 2.24) is 0 Å². The summed E-state index contributed by atoms with van der Waals surface area (Å²) in [4.78, 5) is 1.17. The Balaban J connectivity index is 2.10. The minimum Gasteiger partial charge on any atom is -0.384 e. The Morgan fingerprint density at radius 1 is 1.47 bits per heavy atom. The Bertz CT molecular complexity index is 352. The summed E-state index contributed by atoms with van der Waals surface area (Å²) in [6.07, 6.45) is 5.11. The maximum Gasteiger partial charge on any atom is 0.123 e. The van der Waals surface area contributed by atoms with E-state index < -0.39 is 0 Å². The van der Waals surface area contributed by atoms with Crippen LogP contribution < -0.4 is 11.5 Å². The largest absolute Gasteiger partial charge is 0.384 e. The van der Waals surface area contributed by atoms with Crippen LogP contribution in [-0.4, -0.2) is 5.84 Å². The van der Waals surface area contributed by atoms with Gasteiger partial charge in [0.1, 0.15) is 5.84 Å². The lowest BCUT2D eigenvalue weighted by Gasteiger charge is -2.16. The average Bonchev–Trinajstić information content (AvgIpc) is 2.88. The van der Waals surface area contributed by atoms with Gasteiger partial charge in [0.15, 0.2) is 0 Å². The second-order valence-corrected chi connectivity index (χ2v) is 5.16. The lowest BCUT2D eigenvalue weighted by molar-refractivity contribution is 0.450. The van der Waals surface area contributed by atoms with E-state index in [2.05, 4.69) is 0 Å². The van der Waals surface area contributed by atoms with Crippen LogP contribution in [0.3, 0.4) is 0 Å². The Labute approximate surface area is 94.0 Å². The van der Waals surface area contributed by atoms with Crippen molar-refractivity contribution in [3.05, 3.63) is 21.9 Å². The summed E-state index contributed by atoms with van der Waals surface area (Å²) >= 11 is 1.63. The molecule has 1 atom stereocenters. The summed E-state index contributed by atoms with van der Waals surface area (Å²) in [5.74, 6) is 0.764. The second kappa shape index (κ2) is 4.33. The topological polar surface area (TPSA) is 75.9 Å². The third-order valence-corrected chi connectivity index (χ3v) is 4.20. The highest BCUT2D eigenvalue weighted by atomic mass is 32.1. The van der Waals surface area contributed by atoms with Crippen LogP contribution in [0.4, 0.5) is 0 Å². The molecule has 3 nitrogen and oxygen atoms in total. The number of hydrogen-bond acceptors (Lipinski definition) is 3. The molecule has 0 aliphatic heterocycles. The fourth-order valence-electron chi connectivity index (χ4n) is 2.22. The Hall–Kier alpha value is -0.870. The maximum absolute atomic E-state index is 7.34. The van der Waals surface area contributed by atoms with Crippen LogP contribution in [0.15, 0.2) is 11.4 Å². The van der Waals surface area contributed by atoms with Crippen molar-refractivity contribution in [2.75, 3.05) is 0 Å². The van der Waals surface area contributed by atoms with E-state index in [1.165, 1.54) is 30.6 Å². The van der Waals surface area contributed by atoms with E-state index in [1.54, 1.807) is 11.3 Å². The zero-order valence-electron chi connectivity index (χ0n) is 8.70. The predicted molar refractivity (Wildman–Crippen MR) is 64.2 cm³/mol. The molecular formula is C11H17N3S. The van der Waals surface area contributed by atoms with Gasteiger partial charge in [-0.05, 0) is 24.8 Å². The Morgan fingerprint density at radius 2 is 2.13 bits per heavy atom. The fourth-order valence-corrected chi connectivity index (χ4v) is 3.22. The van der Waals surface area contributed by atoms with Gasteiger partial charge < -0.3 is 11.5 Å². The van der Waals surface area contributed by atoms with Gasteiger partial charge in [-0.1, -0.05) is 12.8 Å². The highest BCUT2D eigenvalue weighted by Gasteiger charge is 2.24. The van der Waals surface area contributed by atoms with Crippen molar-refractivity contribution in [3.8, 4) is 0 Å². The number of hydrogen-bond donors (Lipinski definition) is 3. The summed E-state index contributed by atoms with van der Waals surface area (Å²) in [7, 11) is 0. The molecule has 0 amide bonds. The minimum atomic E-state index is 0.135. The van der Waals surface area contributed by atoms with E-state index >= 15 is 0 Å². The molecule has 1 aromatic heterocycles. The number of nitrogens with two attached hydrogens (primary N) is 2. The zero-order chi connectivity index (χ0) is 10.8. The Morgan fingerprint density at radius 3 is 2.67 bits per heavy atom. The van der Waals surface area contributed by atoms with Gasteiger partial charge in [-0.2, -0.15) is 0 Å². The standard InChI is InChI=1S/C11H17N3S/c12-10(7-3-1-2-4-7)9-5-8(6-15-9)11(13)14/h5-7,10H,1-4,12H2,(H3,13,14). The fraction of sp³-hybridized carbons (Fsp3) is 0.545. The van der Waals surface area contributed by atoms with Crippen molar-refractivity contribution in [2.24, 2.45) is 17.4 Å². The quantitative estimate of drug-likeness (QED) is 0.543. The SMILES string of the molecule is N=C(N)c1csc(C(N)C2CCCC2)c1. The van der Waals surface area contributed by atoms with Crippen LogP contribution in [0.1, 0.15) is 42.2 Å². The normalized spacial score (nSPS) is 19.3. The minimum absolute atomic E-state index is 0.135. The molecule has 4 heteroatoms. The van der Waals surface area contributed by atoms with Crippen LogP contribution >= 0.6 is 11.3 Å². The van der Waals surface area contributed by atoms with E-state index in [1.807, 2.05) is 11.4 Å². The highest BCUT2D eigenvalue weighted by Crippen LogP contribution is 2.36. The molecule has 1 unspecified atom stereocenters. The van der Waals surface area contributed by atoms with Crippen molar-refractivity contribution in [3.63, 3.8) is 0 Å². The van der Waals surface area contributed by atoms with E-state index in [-0.39, 0.29) is 11.9 Å². The maximum atomic E-state index is 7.34. The monoisotopic (exact) mass is 223 g/mol. The number of nitrogens with one attached hydrogen (secondary N) is 1. The van der Waals surface area contributed by atoms with E-state index in [0.29, 0.717) is 5.92 Å². The number of thiophene rings is 1. The molecule has 1 saturated carbocycles. The third kappa shape index (κ3) is 2.21. The summed E-state index contributed by atoms with van der Waals surface area (Å²) in [6, 6.07) is 2.11.